The van der Waals surface area contributed by atoms with E-state index in [0.29, 0.717) is 48.2 Å². The molecule has 2 aromatic carbocycles. The van der Waals surface area contributed by atoms with Gasteiger partial charge in [-0.3, -0.25) is 9.59 Å². The number of likely N-dealkylation sites (tertiary alicyclic amines) is 1. The number of anilines is 1. The van der Waals surface area contributed by atoms with Gasteiger partial charge in [0.2, 0.25) is 0 Å². The van der Waals surface area contributed by atoms with Crippen LogP contribution in [0.25, 0.3) is 16.6 Å². The number of ether oxygens (including phenoxy) is 1. The summed E-state index contributed by atoms with van der Waals surface area (Å²) in [6.45, 7) is 6.37. The molecule has 11 heteroatoms. The van der Waals surface area contributed by atoms with Crippen LogP contribution in [0.1, 0.15) is 55.6 Å². The van der Waals surface area contributed by atoms with Crippen molar-refractivity contribution in [2.75, 3.05) is 18.4 Å². The Bertz CT molecular complexity index is 1590. The molecule has 1 saturated heterocycles. The molecule has 9 nitrogen and oxygen atoms in total. The van der Waals surface area contributed by atoms with E-state index in [-0.39, 0.29) is 23.3 Å². The smallest absolute Gasteiger partial charge is 0.410 e. The van der Waals surface area contributed by atoms with Gasteiger partial charge in [0.15, 0.2) is 0 Å². The maximum atomic E-state index is 14.2. The summed E-state index contributed by atoms with van der Waals surface area (Å²) in [6.07, 6.45) is 0.831. The largest absolute Gasteiger partial charge is 0.444 e. The van der Waals surface area contributed by atoms with Gasteiger partial charge in [0.1, 0.15) is 28.4 Å². The SMILES string of the molecule is CC(C)(C)OC(=O)N1CCC(c2cc(=O)[nH]c3c4c(NC(=O)c5c(F)cccc5F)cccc4nn23)CC1. The van der Waals surface area contributed by atoms with Gasteiger partial charge >= 0.3 is 6.09 Å². The lowest BCUT2D eigenvalue weighted by molar-refractivity contribution is 0.0203. The van der Waals surface area contributed by atoms with E-state index in [2.05, 4.69) is 15.4 Å². The standard InChI is InChI=1S/C27H27F2N5O4/c1-27(2,3)38-26(37)33-12-10-15(11-13-33)20-14-21(35)31-24-23-18(8-5-9-19(23)32-34(20)24)30-25(36)22-16(28)6-4-7-17(22)29/h4-9,14-15H,10-13H2,1-3H3,(H,30,36)(H,31,35). The first kappa shape index (κ1) is 25.4. The number of carbonyl (C=O) groups excluding carboxylic acids is 2. The highest BCUT2D eigenvalue weighted by Gasteiger charge is 2.29. The van der Waals surface area contributed by atoms with E-state index in [9.17, 15) is 23.2 Å². The van der Waals surface area contributed by atoms with Crippen molar-refractivity contribution in [3.05, 3.63) is 75.7 Å². The summed E-state index contributed by atoms with van der Waals surface area (Å²) in [7, 11) is 0. The zero-order chi connectivity index (χ0) is 27.2. The summed E-state index contributed by atoms with van der Waals surface area (Å²) < 4.78 is 35.5. The maximum Gasteiger partial charge on any atom is 0.410 e. The minimum atomic E-state index is -0.983. The fourth-order valence-electron chi connectivity index (χ4n) is 4.77. The molecule has 0 spiro atoms. The Balaban J connectivity index is 1.48. The lowest BCUT2D eigenvalue weighted by Gasteiger charge is -2.33. The number of hydrogen-bond acceptors (Lipinski definition) is 5. The molecule has 0 radical (unpaired) electrons. The Kier molecular flexibility index (Phi) is 6.38. The van der Waals surface area contributed by atoms with Crippen LogP contribution in [0.4, 0.5) is 19.3 Å². The Labute approximate surface area is 216 Å². The van der Waals surface area contributed by atoms with Gasteiger partial charge in [-0.15, -0.1) is 0 Å². The van der Waals surface area contributed by atoms with Crippen molar-refractivity contribution < 1.29 is 23.1 Å². The topological polar surface area (TPSA) is 109 Å². The Morgan fingerprint density at radius 3 is 2.39 bits per heavy atom. The normalized spacial score (nSPS) is 14.7. The van der Waals surface area contributed by atoms with Crippen LogP contribution in [0.2, 0.25) is 0 Å². The van der Waals surface area contributed by atoms with Crippen LogP contribution < -0.4 is 10.9 Å². The van der Waals surface area contributed by atoms with E-state index in [1.807, 2.05) is 20.8 Å². The third-order valence-corrected chi connectivity index (χ3v) is 6.47. The number of nitrogens with one attached hydrogen (secondary N) is 2. The van der Waals surface area contributed by atoms with Crippen molar-refractivity contribution in [2.45, 2.75) is 45.1 Å². The number of amides is 2. The molecule has 0 aliphatic carbocycles. The minimum Gasteiger partial charge on any atom is -0.444 e. The number of H-pyrrole nitrogens is 1. The van der Waals surface area contributed by atoms with Gasteiger partial charge in [-0.1, -0.05) is 12.1 Å². The fraction of sp³-hybridized carbons (Fsp3) is 0.333. The molecule has 1 fully saturated rings. The zero-order valence-corrected chi connectivity index (χ0v) is 21.2. The van der Waals surface area contributed by atoms with Gasteiger partial charge in [-0.2, -0.15) is 5.10 Å². The number of benzene rings is 2. The Hall–Kier alpha value is -4.28. The second-order valence-corrected chi connectivity index (χ2v) is 10.3. The summed E-state index contributed by atoms with van der Waals surface area (Å²) in [5.41, 5.74) is 0.0942. The third-order valence-electron chi connectivity index (χ3n) is 6.47. The van der Waals surface area contributed by atoms with Crippen LogP contribution >= 0.6 is 0 Å². The number of hydrogen-bond donors (Lipinski definition) is 2. The lowest BCUT2D eigenvalue weighted by atomic mass is 9.93. The van der Waals surface area contributed by atoms with Crippen molar-refractivity contribution in [2.24, 2.45) is 0 Å². The highest BCUT2D eigenvalue weighted by Crippen LogP contribution is 2.32. The number of aromatic nitrogens is 3. The second-order valence-electron chi connectivity index (χ2n) is 10.3. The molecule has 38 heavy (non-hydrogen) atoms. The van der Waals surface area contributed by atoms with Crippen LogP contribution in [0.5, 0.6) is 0 Å². The average Bonchev–Trinajstić information content (AvgIpc) is 3.22. The van der Waals surface area contributed by atoms with Crippen LogP contribution in [0.3, 0.4) is 0 Å². The molecule has 0 atom stereocenters. The van der Waals surface area contributed by atoms with Crippen molar-refractivity contribution in [1.29, 1.82) is 0 Å². The molecule has 5 rings (SSSR count). The monoisotopic (exact) mass is 523 g/mol. The fourth-order valence-corrected chi connectivity index (χ4v) is 4.77. The van der Waals surface area contributed by atoms with Crippen LogP contribution in [0.15, 0.2) is 47.3 Å². The Morgan fingerprint density at radius 1 is 1.08 bits per heavy atom. The zero-order valence-electron chi connectivity index (χ0n) is 21.2. The van der Waals surface area contributed by atoms with Gasteiger partial charge in [0.05, 0.1) is 22.3 Å². The lowest BCUT2D eigenvalue weighted by Crippen LogP contribution is -2.41. The molecular formula is C27H27F2N5O4. The number of nitrogens with zero attached hydrogens (tertiary/aromatic N) is 3. The van der Waals surface area contributed by atoms with E-state index in [1.165, 1.54) is 12.1 Å². The minimum absolute atomic E-state index is 0.0571. The summed E-state index contributed by atoms with van der Waals surface area (Å²) >= 11 is 0. The van der Waals surface area contributed by atoms with E-state index < -0.39 is 28.7 Å². The van der Waals surface area contributed by atoms with Gasteiger partial charge in [0.25, 0.3) is 11.5 Å². The quantitative estimate of drug-likeness (QED) is 0.400. The van der Waals surface area contributed by atoms with Gasteiger partial charge < -0.3 is 19.9 Å². The maximum absolute atomic E-state index is 14.2. The van der Waals surface area contributed by atoms with E-state index in [4.69, 9.17) is 4.74 Å². The number of piperidine rings is 1. The van der Waals surface area contributed by atoms with Crippen molar-refractivity contribution in [3.8, 4) is 0 Å². The molecule has 4 aromatic rings. The molecule has 3 heterocycles. The predicted octanol–water partition coefficient (Wildman–Crippen LogP) is 4.82. The molecule has 198 valence electrons. The van der Waals surface area contributed by atoms with Gasteiger partial charge in [-0.05, 0) is 57.9 Å². The molecule has 0 bridgehead atoms. The molecule has 1 aliphatic heterocycles. The summed E-state index contributed by atoms with van der Waals surface area (Å²) in [6, 6.07) is 9.62. The molecule has 0 unspecified atom stereocenters. The number of aromatic amines is 1. The molecule has 1 aliphatic rings. The highest BCUT2D eigenvalue weighted by atomic mass is 19.1. The first-order chi connectivity index (χ1) is 18.0. The third kappa shape index (κ3) is 4.83. The van der Waals surface area contributed by atoms with E-state index in [0.717, 1.165) is 12.1 Å². The summed E-state index contributed by atoms with van der Waals surface area (Å²) in [4.78, 5) is 42.4. The first-order valence-corrected chi connectivity index (χ1v) is 12.3. The number of fused-ring (bicyclic) bond motifs is 3. The first-order valence-electron chi connectivity index (χ1n) is 12.3. The number of rotatable bonds is 3. The second kappa shape index (κ2) is 9.55. The molecule has 2 amide bonds. The van der Waals surface area contributed by atoms with E-state index in [1.54, 1.807) is 27.6 Å². The highest BCUT2D eigenvalue weighted by molar-refractivity contribution is 6.12. The predicted molar refractivity (Wildman–Crippen MR) is 137 cm³/mol. The van der Waals surface area contributed by atoms with E-state index >= 15 is 0 Å². The van der Waals surface area contributed by atoms with Crippen molar-refractivity contribution >= 4 is 34.2 Å². The molecular weight excluding hydrogens is 496 g/mol. The molecule has 0 saturated carbocycles. The molecule has 2 N–H and O–H groups in total. The number of carbonyl (C=O) groups is 2. The van der Waals surface area contributed by atoms with Crippen molar-refractivity contribution in [3.63, 3.8) is 0 Å². The summed E-state index contributed by atoms with van der Waals surface area (Å²) in [5, 5.41) is 7.65. The van der Waals surface area contributed by atoms with Crippen LogP contribution in [-0.4, -0.2) is 50.2 Å². The van der Waals surface area contributed by atoms with Gasteiger partial charge in [-0.25, -0.2) is 18.1 Å². The number of halogens is 2. The Morgan fingerprint density at radius 2 is 1.74 bits per heavy atom. The molecule has 2 aromatic heterocycles. The van der Waals surface area contributed by atoms with Crippen LogP contribution in [0, 0.1) is 11.6 Å². The van der Waals surface area contributed by atoms with Gasteiger partial charge in [0, 0.05) is 25.1 Å². The summed E-state index contributed by atoms with van der Waals surface area (Å²) in [5.74, 6) is -2.98. The van der Waals surface area contributed by atoms with Crippen molar-refractivity contribution in [1.82, 2.24) is 19.5 Å². The average molecular weight is 524 g/mol. The van der Waals surface area contributed by atoms with Crippen LogP contribution in [-0.2, 0) is 4.74 Å².